The number of hydrogen-bond donors (Lipinski definition) is 2. The molecule has 0 radical (unpaired) electrons. The second-order valence-electron chi connectivity index (χ2n) is 4.94. The van der Waals surface area contributed by atoms with Gasteiger partial charge >= 0.3 is 0 Å². The number of hydrogen-bond acceptors (Lipinski definition) is 4. The molecule has 6 heteroatoms. The fourth-order valence-electron chi connectivity index (χ4n) is 1.80. The number of aliphatic hydroxyl groups is 1. The number of likely N-dealkylation sites (tertiary alicyclic amines) is 1. The van der Waals surface area contributed by atoms with Gasteiger partial charge in [-0.3, -0.25) is 9.59 Å². The van der Waals surface area contributed by atoms with E-state index in [1.165, 1.54) is 0 Å². The van der Waals surface area contributed by atoms with Crippen molar-refractivity contribution in [2.24, 2.45) is 0 Å². The number of rotatable bonds is 7. The van der Waals surface area contributed by atoms with Crippen molar-refractivity contribution in [2.45, 2.75) is 31.8 Å². The standard InChI is InChI=1S/C12H22N2O4/c1-12(17,5-7-18-2)9-13-10(15)8-14-6-3-4-11(14)16/h17H,3-9H2,1-2H3,(H,13,15). The van der Waals surface area contributed by atoms with Gasteiger partial charge in [-0.15, -0.1) is 0 Å². The van der Waals surface area contributed by atoms with Crippen molar-refractivity contribution in [3.8, 4) is 0 Å². The number of amides is 2. The molecule has 18 heavy (non-hydrogen) atoms. The summed E-state index contributed by atoms with van der Waals surface area (Å²) in [6.45, 7) is 2.98. The molecule has 0 bridgehead atoms. The zero-order valence-corrected chi connectivity index (χ0v) is 11.1. The molecule has 1 fully saturated rings. The molecule has 1 saturated heterocycles. The van der Waals surface area contributed by atoms with Crippen LogP contribution in [-0.2, 0) is 14.3 Å². The molecule has 1 unspecified atom stereocenters. The second kappa shape index (κ2) is 6.70. The van der Waals surface area contributed by atoms with Crippen LogP contribution in [0, 0.1) is 0 Å². The molecular weight excluding hydrogens is 236 g/mol. The lowest BCUT2D eigenvalue weighted by Gasteiger charge is -2.24. The maximum Gasteiger partial charge on any atom is 0.239 e. The monoisotopic (exact) mass is 258 g/mol. The van der Waals surface area contributed by atoms with Crippen LogP contribution >= 0.6 is 0 Å². The van der Waals surface area contributed by atoms with Gasteiger partial charge in [-0.25, -0.2) is 0 Å². The Kier molecular flexibility index (Phi) is 5.55. The van der Waals surface area contributed by atoms with Crippen molar-refractivity contribution in [3.05, 3.63) is 0 Å². The van der Waals surface area contributed by atoms with Crippen LogP contribution in [0.5, 0.6) is 0 Å². The number of carbonyl (C=O) groups excluding carboxylic acids is 2. The lowest BCUT2D eigenvalue weighted by molar-refractivity contribution is -0.133. The Hall–Kier alpha value is -1.14. The van der Waals surface area contributed by atoms with Gasteiger partial charge in [0.05, 0.1) is 12.1 Å². The van der Waals surface area contributed by atoms with E-state index in [1.807, 2.05) is 0 Å². The number of carbonyl (C=O) groups is 2. The summed E-state index contributed by atoms with van der Waals surface area (Å²) >= 11 is 0. The van der Waals surface area contributed by atoms with Crippen molar-refractivity contribution in [2.75, 3.05) is 33.4 Å². The normalized spacial score (nSPS) is 18.8. The molecule has 0 aromatic carbocycles. The molecule has 2 N–H and O–H groups in total. The molecule has 1 heterocycles. The first-order valence-electron chi connectivity index (χ1n) is 6.20. The first kappa shape index (κ1) is 14.9. The summed E-state index contributed by atoms with van der Waals surface area (Å²) in [6, 6.07) is 0. The molecule has 0 aromatic rings. The van der Waals surface area contributed by atoms with Crippen LogP contribution < -0.4 is 5.32 Å². The molecule has 1 aliphatic heterocycles. The van der Waals surface area contributed by atoms with Gasteiger partial charge in [-0.1, -0.05) is 0 Å². The molecule has 104 valence electrons. The lowest BCUT2D eigenvalue weighted by atomic mass is 10.0. The van der Waals surface area contributed by atoms with Crippen LogP contribution in [0.3, 0.4) is 0 Å². The third kappa shape index (κ3) is 5.01. The Bertz CT molecular complexity index is 304. The van der Waals surface area contributed by atoms with Gasteiger partial charge in [0.1, 0.15) is 0 Å². The van der Waals surface area contributed by atoms with E-state index in [4.69, 9.17) is 4.74 Å². The van der Waals surface area contributed by atoms with E-state index in [-0.39, 0.29) is 24.9 Å². The number of nitrogens with zero attached hydrogens (tertiary/aromatic N) is 1. The Labute approximate surface area is 107 Å². The van der Waals surface area contributed by atoms with Crippen LogP contribution in [0.1, 0.15) is 26.2 Å². The molecule has 1 aliphatic rings. The predicted molar refractivity (Wildman–Crippen MR) is 65.9 cm³/mol. The minimum absolute atomic E-state index is 0.0243. The number of methoxy groups -OCH3 is 1. The Morgan fingerprint density at radius 2 is 2.33 bits per heavy atom. The molecular formula is C12H22N2O4. The van der Waals surface area contributed by atoms with Gasteiger partial charge in [0.2, 0.25) is 11.8 Å². The zero-order valence-electron chi connectivity index (χ0n) is 11.1. The van der Waals surface area contributed by atoms with Crippen LogP contribution in [0.25, 0.3) is 0 Å². The molecule has 0 aromatic heterocycles. The van der Waals surface area contributed by atoms with E-state index >= 15 is 0 Å². The summed E-state index contributed by atoms with van der Waals surface area (Å²) in [6.07, 6.45) is 1.79. The van der Waals surface area contributed by atoms with Crippen molar-refractivity contribution in [1.82, 2.24) is 10.2 Å². The summed E-state index contributed by atoms with van der Waals surface area (Å²) in [7, 11) is 1.56. The topological polar surface area (TPSA) is 78.9 Å². The van der Waals surface area contributed by atoms with Crippen LogP contribution in [-0.4, -0.2) is 60.8 Å². The summed E-state index contributed by atoms with van der Waals surface area (Å²) in [4.78, 5) is 24.5. The highest BCUT2D eigenvalue weighted by Crippen LogP contribution is 2.09. The van der Waals surface area contributed by atoms with Gasteiger partial charge in [-0.05, 0) is 13.3 Å². The van der Waals surface area contributed by atoms with Crippen molar-refractivity contribution in [3.63, 3.8) is 0 Å². The van der Waals surface area contributed by atoms with Gasteiger partial charge in [0.15, 0.2) is 0 Å². The third-order valence-corrected chi connectivity index (χ3v) is 3.02. The second-order valence-corrected chi connectivity index (χ2v) is 4.94. The van der Waals surface area contributed by atoms with E-state index in [0.717, 1.165) is 6.42 Å². The summed E-state index contributed by atoms with van der Waals surface area (Å²) in [5, 5.41) is 12.6. The van der Waals surface area contributed by atoms with E-state index < -0.39 is 5.60 Å². The smallest absolute Gasteiger partial charge is 0.239 e. The molecule has 2 amide bonds. The molecule has 0 spiro atoms. The molecule has 0 saturated carbocycles. The van der Waals surface area contributed by atoms with Crippen LogP contribution in [0.15, 0.2) is 0 Å². The van der Waals surface area contributed by atoms with Crippen molar-refractivity contribution < 1.29 is 19.4 Å². The molecule has 6 nitrogen and oxygen atoms in total. The fraction of sp³-hybridized carbons (Fsp3) is 0.833. The van der Waals surface area contributed by atoms with E-state index in [2.05, 4.69) is 5.32 Å². The van der Waals surface area contributed by atoms with Crippen LogP contribution in [0.2, 0.25) is 0 Å². The fourth-order valence-corrected chi connectivity index (χ4v) is 1.80. The highest BCUT2D eigenvalue weighted by molar-refractivity contribution is 5.85. The van der Waals surface area contributed by atoms with E-state index in [0.29, 0.717) is 26.0 Å². The lowest BCUT2D eigenvalue weighted by Crippen LogP contribution is -2.45. The van der Waals surface area contributed by atoms with Gasteiger partial charge in [-0.2, -0.15) is 0 Å². The van der Waals surface area contributed by atoms with E-state index in [1.54, 1.807) is 18.9 Å². The number of nitrogens with one attached hydrogen (secondary N) is 1. The minimum atomic E-state index is -0.985. The van der Waals surface area contributed by atoms with Gasteiger partial charge in [0, 0.05) is 39.6 Å². The zero-order chi connectivity index (χ0) is 13.6. The SMILES string of the molecule is COCCC(C)(O)CNC(=O)CN1CCCC1=O. The summed E-state index contributed by atoms with van der Waals surface area (Å²) < 4.78 is 4.88. The third-order valence-electron chi connectivity index (χ3n) is 3.02. The highest BCUT2D eigenvalue weighted by Gasteiger charge is 2.24. The Morgan fingerprint density at radius 3 is 2.89 bits per heavy atom. The predicted octanol–water partition coefficient (Wildman–Crippen LogP) is -0.487. The highest BCUT2D eigenvalue weighted by atomic mass is 16.5. The first-order valence-corrected chi connectivity index (χ1v) is 6.20. The average Bonchev–Trinajstić information content (AvgIpc) is 2.70. The van der Waals surface area contributed by atoms with Gasteiger partial charge < -0.3 is 20.1 Å². The average molecular weight is 258 g/mol. The number of ether oxygens (including phenoxy) is 1. The quantitative estimate of drug-likeness (QED) is 0.646. The maximum atomic E-state index is 11.6. The van der Waals surface area contributed by atoms with Crippen molar-refractivity contribution >= 4 is 11.8 Å². The van der Waals surface area contributed by atoms with Gasteiger partial charge in [0.25, 0.3) is 0 Å². The summed E-state index contributed by atoms with van der Waals surface area (Å²) in [5.41, 5.74) is -0.985. The largest absolute Gasteiger partial charge is 0.388 e. The maximum absolute atomic E-state index is 11.6. The van der Waals surface area contributed by atoms with E-state index in [9.17, 15) is 14.7 Å². The molecule has 1 atom stereocenters. The minimum Gasteiger partial charge on any atom is -0.388 e. The molecule has 0 aliphatic carbocycles. The Balaban J connectivity index is 2.25. The van der Waals surface area contributed by atoms with Crippen molar-refractivity contribution in [1.29, 1.82) is 0 Å². The summed E-state index contributed by atoms with van der Waals surface area (Å²) in [5.74, 6) is -0.209. The first-order chi connectivity index (χ1) is 8.44. The Morgan fingerprint density at radius 1 is 1.61 bits per heavy atom. The molecule has 1 rings (SSSR count). The van der Waals surface area contributed by atoms with Crippen LogP contribution in [0.4, 0.5) is 0 Å².